The Morgan fingerprint density at radius 3 is 2.56 bits per heavy atom. The largest absolute Gasteiger partial charge is 0.320 e. The molecule has 1 unspecified atom stereocenters. The van der Waals surface area contributed by atoms with Crippen molar-refractivity contribution in [1.82, 2.24) is 10.2 Å². The highest BCUT2D eigenvalue weighted by molar-refractivity contribution is 7.15. The molecule has 1 rings (SSSR count). The van der Waals surface area contributed by atoms with Crippen LogP contribution in [0.25, 0.3) is 0 Å². The third-order valence-corrected chi connectivity index (χ3v) is 3.94. The summed E-state index contributed by atoms with van der Waals surface area (Å²) in [5.74, 6) is 0.251. The van der Waals surface area contributed by atoms with E-state index < -0.39 is 6.04 Å². The summed E-state index contributed by atoms with van der Waals surface area (Å²) in [4.78, 5) is 11.7. The average molecular weight is 270 g/mol. The zero-order valence-corrected chi connectivity index (χ0v) is 12.1. The van der Waals surface area contributed by atoms with Crippen molar-refractivity contribution in [1.29, 1.82) is 0 Å². The Kier molecular flexibility index (Phi) is 6.21. The first kappa shape index (κ1) is 15.0. The predicted octanol–water partition coefficient (Wildman–Crippen LogP) is 2.51. The molecule has 0 spiro atoms. The van der Waals surface area contributed by atoms with Gasteiger partial charge in [0.25, 0.3) is 0 Å². The second kappa shape index (κ2) is 7.43. The molecule has 3 N–H and O–H groups in total. The van der Waals surface area contributed by atoms with Crippen LogP contribution in [0, 0.1) is 0 Å². The van der Waals surface area contributed by atoms with Crippen LogP contribution in [0.1, 0.15) is 57.4 Å². The van der Waals surface area contributed by atoms with E-state index in [4.69, 9.17) is 5.73 Å². The van der Waals surface area contributed by atoms with Crippen molar-refractivity contribution in [2.75, 3.05) is 5.32 Å². The zero-order valence-electron chi connectivity index (χ0n) is 11.3. The molecule has 1 aromatic heterocycles. The van der Waals surface area contributed by atoms with Crippen LogP contribution in [-0.2, 0) is 4.79 Å². The van der Waals surface area contributed by atoms with E-state index in [1.807, 2.05) is 6.92 Å². The van der Waals surface area contributed by atoms with Gasteiger partial charge < -0.3 is 5.73 Å². The van der Waals surface area contributed by atoms with Crippen molar-refractivity contribution in [3.8, 4) is 0 Å². The van der Waals surface area contributed by atoms with E-state index in [2.05, 4.69) is 29.4 Å². The Hall–Kier alpha value is -1.01. The molecular formula is C12H22N4OS. The summed E-state index contributed by atoms with van der Waals surface area (Å²) in [7, 11) is 0. The van der Waals surface area contributed by atoms with Gasteiger partial charge in [-0.25, -0.2) is 0 Å². The Morgan fingerprint density at radius 2 is 2.00 bits per heavy atom. The summed E-state index contributed by atoms with van der Waals surface area (Å²) in [6.45, 7) is 6.26. The fourth-order valence-electron chi connectivity index (χ4n) is 1.73. The number of nitrogens with two attached hydrogens (primary N) is 1. The maximum Gasteiger partial charge on any atom is 0.243 e. The first-order valence-corrected chi connectivity index (χ1v) is 7.33. The molecule has 1 atom stereocenters. The molecule has 0 saturated carbocycles. The quantitative estimate of drug-likeness (QED) is 0.797. The van der Waals surface area contributed by atoms with Crippen molar-refractivity contribution < 1.29 is 4.79 Å². The highest BCUT2D eigenvalue weighted by Gasteiger charge is 2.17. The first-order valence-electron chi connectivity index (χ1n) is 6.52. The Morgan fingerprint density at radius 1 is 1.33 bits per heavy atom. The minimum absolute atomic E-state index is 0.177. The Balaban J connectivity index is 2.61. The second-order valence-electron chi connectivity index (χ2n) is 4.34. The number of rotatable bonds is 7. The predicted molar refractivity (Wildman–Crippen MR) is 74.7 cm³/mol. The van der Waals surface area contributed by atoms with Crippen molar-refractivity contribution in [2.24, 2.45) is 5.73 Å². The molecule has 1 aromatic rings. The minimum Gasteiger partial charge on any atom is -0.320 e. The van der Waals surface area contributed by atoms with E-state index in [9.17, 15) is 4.79 Å². The van der Waals surface area contributed by atoms with Gasteiger partial charge in [0.2, 0.25) is 11.0 Å². The van der Waals surface area contributed by atoms with Crippen LogP contribution >= 0.6 is 11.3 Å². The number of nitrogens with one attached hydrogen (secondary N) is 1. The topological polar surface area (TPSA) is 80.9 Å². The lowest BCUT2D eigenvalue weighted by atomic mass is 10.1. The molecule has 0 aromatic carbocycles. The van der Waals surface area contributed by atoms with Gasteiger partial charge in [0.1, 0.15) is 5.01 Å². The average Bonchev–Trinajstić information content (AvgIpc) is 2.79. The van der Waals surface area contributed by atoms with Crippen LogP contribution < -0.4 is 11.1 Å². The monoisotopic (exact) mass is 270 g/mol. The van der Waals surface area contributed by atoms with Crippen molar-refractivity contribution >= 4 is 22.4 Å². The van der Waals surface area contributed by atoms with Gasteiger partial charge in [-0.15, -0.1) is 10.2 Å². The third-order valence-electron chi connectivity index (χ3n) is 2.94. The van der Waals surface area contributed by atoms with Crippen LogP contribution in [0.5, 0.6) is 0 Å². The van der Waals surface area contributed by atoms with Crippen molar-refractivity contribution in [3.63, 3.8) is 0 Å². The summed E-state index contributed by atoms with van der Waals surface area (Å²) < 4.78 is 0. The maximum atomic E-state index is 11.7. The normalized spacial score (nSPS) is 12.7. The summed E-state index contributed by atoms with van der Waals surface area (Å²) in [6.07, 6.45) is 3.65. The summed E-state index contributed by atoms with van der Waals surface area (Å²) in [6, 6.07) is -0.463. The minimum atomic E-state index is -0.463. The van der Waals surface area contributed by atoms with Gasteiger partial charge in [-0.1, -0.05) is 38.5 Å². The van der Waals surface area contributed by atoms with Gasteiger partial charge in [-0.2, -0.15) is 0 Å². The Bertz CT molecular complexity index is 376. The number of nitrogens with zero attached hydrogens (tertiary/aromatic N) is 2. The molecule has 5 nitrogen and oxygen atoms in total. The van der Waals surface area contributed by atoms with Crippen LogP contribution in [0.4, 0.5) is 5.13 Å². The lowest BCUT2D eigenvalue weighted by molar-refractivity contribution is -0.117. The zero-order chi connectivity index (χ0) is 13.5. The van der Waals surface area contributed by atoms with Gasteiger partial charge in [-0.3, -0.25) is 10.1 Å². The number of amides is 1. The van der Waals surface area contributed by atoms with Crippen molar-refractivity contribution in [2.45, 2.75) is 58.4 Å². The number of carbonyl (C=O) groups is 1. The molecule has 18 heavy (non-hydrogen) atoms. The first-order chi connectivity index (χ1) is 8.62. The molecule has 0 aliphatic heterocycles. The smallest absolute Gasteiger partial charge is 0.243 e. The molecule has 0 radical (unpaired) electrons. The number of hydrogen-bond donors (Lipinski definition) is 2. The van der Waals surface area contributed by atoms with E-state index in [1.165, 1.54) is 11.3 Å². The van der Waals surface area contributed by atoms with Gasteiger partial charge >= 0.3 is 0 Å². The van der Waals surface area contributed by atoms with Crippen LogP contribution in [0.2, 0.25) is 0 Å². The van der Waals surface area contributed by atoms with Gasteiger partial charge in [0, 0.05) is 5.92 Å². The maximum absolute atomic E-state index is 11.7. The van der Waals surface area contributed by atoms with E-state index in [-0.39, 0.29) is 5.91 Å². The summed E-state index contributed by atoms with van der Waals surface area (Å²) in [5.41, 5.74) is 5.74. The molecule has 0 aliphatic rings. The molecule has 0 aliphatic carbocycles. The van der Waals surface area contributed by atoms with Gasteiger partial charge in [0.15, 0.2) is 0 Å². The van der Waals surface area contributed by atoms with Crippen LogP contribution in [-0.4, -0.2) is 22.1 Å². The molecule has 102 valence electrons. The number of aromatic nitrogens is 2. The molecule has 1 amide bonds. The number of hydrogen-bond acceptors (Lipinski definition) is 5. The van der Waals surface area contributed by atoms with E-state index >= 15 is 0 Å². The fourth-order valence-corrected chi connectivity index (χ4v) is 2.74. The molecule has 1 heterocycles. The summed E-state index contributed by atoms with van der Waals surface area (Å²) in [5, 5.41) is 12.4. The molecule has 6 heteroatoms. The highest BCUT2D eigenvalue weighted by Crippen LogP contribution is 2.28. The van der Waals surface area contributed by atoms with E-state index in [0.29, 0.717) is 17.5 Å². The molecule has 0 saturated heterocycles. The standard InChI is InChI=1S/C12H22N4OS/c1-4-7-9(13)10(17)14-12-16-15-11(18-12)8(5-2)6-3/h8-9H,4-7,13H2,1-3H3,(H,14,16,17). The molecule has 0 bridgehead atoms. The van der Waals surface area contributed by atoms with Crippen LogP contribution in [0.15, 0.2) is 0 Å². The summed E-state index contributed by atoms with van der Waals surface area (Å²) >= 11 is 1.44. The lowest BCUT2D eigenvalue weighted by Gasteiger charge is -2.08. The molecular weight excluding hydrogens is 248 g/mol. The van der Waals surface area contributed by atoms with E-state index in [0.717, 1.165) is 24.3 Å². The molecule has 0 fully saturated rings. The van der Waals surface area contributed by atoms with Crippen molar-refractivity contribution in [3.05, 3.63) is 5.01 Å². The van der Waals surface area contributed by atoms with Gasteiger partial charge in [0.05, 0.1) is 6.04 Å². The lowest BCUT2D eigenvalue weighted by Crippen LogP contribution is -2.35. The van der Waals surface area contributed by atoms with E-state index in [1.54, 1.807) is 0 Å². The van der Waals surface area contributed by atoms with Gasteiger partial charge in [-0.05, 0) is 19.3 Å². The van der Waals surface area contributed by atoms with Crippen LogP contribution in [0.3, 0.4) is 0 Å². The second-order valence-corrected chi connectivity index (χ2v) is 5.35. The number of anilines is 1. The fraction of sp³-hybridized carbons (Fsp3) is 0.750. The third kappa shape index (κ3) is 4.03. The highest BCUT2D eigenvalue weighted by atomic mass is 32.1. The number of carbonyl (C=O) groups excluding carboxylic acids is 1. The Labute approximate surface area is 112 Å². The SMILES string of the molecule is CCCC(N)C(=O)Nc1nnc(C(CC)CC)s1.